The van der Waals surface area contributed by atoms with E-state index in [1.165, 1.54) is 18.5 Å². The predicted octanol–water partition coefficient (Wildman–Crippen LogP) is 3.03. The molecule has 0 bridgehead atoms. The molecule has 2 fully saturated rings. The quantitative estimate of drug-likeness (QED) is 0.864. The van der Waals surface area contributed by atoms with Crippen LogP contribution in [0.15, 0.2) is 12.4 Å². The van der Waals surface area contributed by atoms with Gasteiger partial charge in [0.05, 0.1) is 11.9 Å². The fourth-order valence-corrected chi connectivity index (χ4v) is 3.65. The highest BCUT2D eigenvalue weighted by Crippen LogP contribution is 2.42. The molecule has 0 radical (unpaired) electrons. The van der Waals surface area contributed by atoms with Crippen molar-refractivity contribution in [1.29, 1.82) is 0 Å². The molecule has 6 heteroatoms. The number of likely N-dealkylation sites (tertiary alicyclic amines) is 1. The number of carbonyl (C=O) groups excluding carboxylic acids is 1. The lowest BCUT2D eigenvalue weighted by Crippen LogP contribution is -2.49. The van der Waals surface area contributed by atoms with Crippen molar-refractivity contribution in [3.05, 3.63) is 12.4 Å². The molecule has 6 nitrogen and oxygen atoms in total. The van der Waals surface area contributed by atoms with Crippen molar-refractivity contribution in [1.82, 2.24) is 15.1 Å². The third-order valence-corrected chi connectivity index (χ3v) is 5.15. The van der Waals surface area contributed by atoms with E-state index < -0.39 is 5.60 Å². The van der Waals surface area contributed by atoms with Crippen LogP contribution in [0.3, 0.4) is 0 Å². The number of hydrogen-bond acceptors (Lipinski definition) is 4. The average Bonchev–Trinajstić information content (AvgIpc) is 3.01. The fraction of sp³-hybridized carbons (Fsp3) is 0.765. The maximum absolute atomic E-state index is 12.2. The molecule has 2 saturated heterocycles. The number of aromatic amines is 1. The van der Waals surface area contributed by atoms with Gasteiger partial charge in [-0.25, -0.2) is 4.79 Å². The third kappa shape index (κ3) is 3.79. The molecule has 1 aromatic rings. The van der Waals surface area contributed by atoms with Crippen LogP contribution in [-0.2, 0) is 4.74 Å². The van der Waals surface area contributed by atoms with Gasteiger partial charge in [-0.15, -0.1) is 0 Å². The Balaban J connectivity index is 1.50. The number of amides is 1. The minimum Gasteiger partial charge on any atom is -0.444 e. The maximum Gasteiger partial charge on any atom is 0.410 e. The van der Waals surface area contributed by atoms with Crippen LogP contribution < -0.4 is 4.90 Å². The van der Waals surface area contributed by atoms with Crippen LogP contribution in [0.2, 0.25) is 0 Å². The summed E-state index contributed by atoms with van der Waals surface area (Å²) in [7, 11) is 0. The summed E-state index contributed by atoms with van der Waals surface area (Å²) >= 11 is 0. The Kier molecular flexibility index (Phi) is 4.25. The fourth-order valence-electron chi connectivity index (χ4n) is 3.65. The molecule has 3 rings (SSSR count). The lowest BCUT2D eigenvalue weighted by Gasteiger charge is -2.47. The van der Waals surface area contributed by atoms with Crippen LogP contribution in [0.1, 0.15) is 46.5 Å². The number of hydrogen-bond donors (Lipinski definition) is 1. The van der Waals surface area contributed by atoms with E-state index in [9.17, 15) is 4.79 Å². The van der Waals surface area contributed by atoms with Crippen molar-refractivity contribution in [2.45, 2.75) is 52.1 Å². The van der Waals surface area contributed by atoms with Crippen molar-refractivity contribution in [2.75, 3.05) is 31.1 Å². The zero-order valence-electron chi connectivity index (χ0n) is 14.5. The van der Waals surface area contributed by atoms with Gasteiger partial charge in [0.2, 0.25) is 0 Å². The number of H-pyrrole nitrogens is 1. The van der Waals surface area contributed by atoms with Crippen LogP contribution in [0.25, 0.3) is 0 Å². The molecule has 0 aliphatic carbocycles. The highest BCUT2D eigenvalue weighted by atomic mass is 16.6. The zero-order valence-corrected chi connectivity index (χ0v) is 14.5. The van der Waals surface area contributed by atoms with Crippen LogP contribution >= 0.6 is 0 Å². The molecule has 23 heavy (non-hydrogen) atoms. The van der Waals surface area contributed by atoms with Crippen LogP contribution in [0.5, 0.6) is 0 Å². The first-order valence-electron chi connectivity index (χ1n) is 8.59. The summed E-state index contributed by atoms with van der Waals surface area (Å²) < 4.78 is 5.49. The van der Waals surface area contributed by atoms with Crippen molar-refractivity contribution in [3.63, 3.8) is 0 Å². The monoisotopic (exact) mass is 320 g/mol. The molecule has 0 atom stereocenters. The summed E-state index contributed by atoms with van der Waals surface area (Å²) in [6, 6.07) is 0. The first kappa shape index (κ1) is 16.1. The van der Waals surface area contributed by atoms with E-state index in [2.05, 4.69) is 15.1 Å². The van der Waals surface area contributed by atoms with Gasteiger partial charge in [0.25, 0.3) is 0 Å². The summed E-state index contributed by atoms with van der Waals surface area (Å²) in [4.78, 5) is 16.4. The molecule has 0 saturated carbocycles. The maximum atomic E-state index is 12.2. The van der Waals surface area contributed by atoms with Gasteiger partial charge in [-0.2, -0.15) is 5.10 Å². The van der Waals surface area contributed by atoms with Gasteiger partial charge in [0, 0.05) is 32.4 Å². The summed E-state index contributed by atoms with van der Waals surface area (Å²) in [5, 5.41) is 6.92. The molecule has 1 spiro atoms. The van der Waals surface area contributed by atoms with Gasteiger partial charge in [0.1, 0.15) is 5.60 Å². The van der Waals surface area contributed by atoms with Gasteiger partial charge < -0.3 is 14.5 Å². The summed E-state index contributed by atoms with van der Waals surface area (Å²) in [6.45, 7) is 9.55. The summed E-state index contributed by atoms with van der Waals surface area (Å²) in [5.41, 5.74) is 1.17. The van der Waals surface area contributed by atoms with Crippen molar-refractivity contribution < 1.29 is 9.53 Å². The number of aromatic nitrogens is 2. The van der Waals surface area contributed by atoms with E-state index in [1.807, 2.05) is 38.1 Å². The second-order valence-electron chi connectivity index (χ2n) is 7.91. The van der Waals surface area contributed by atoms with Crippen LogP contribution in [0, 0.1) is 5.41 Å². The second-order valence-corrected chi connectivity index (χ2v) is 7.91. The Labute approximate surface area is 138 Å². The topological polar surface area (TPSA) is 61.5 Å². The molecule has 1 amide bonds. The molecular weight excluding hydrogens is 292 g/mol. The summed E-state index contributed by atoms with van der Waals surface area (Å²) in [6.07, 6.45) is 8.26. The SMILES string of the molecule is CC(C)(C)OC(=O)N1CCC2(CC1)CCN(c1cn[nH]c1)CC2. The minimum atomic E-state index is -0.415. The normalized spacial score (nSPS) is 21.5. The first-order chi connectivity index (χ1) is 10.9. The molecule has 3 heterocycles. The Bertz CT molecular complexity index is 517. The van der Waals surface area contributed by atoms with Crippen LogP contribution in [-0.4, -0.2) is 53.0 Å². The molecule has 1 aromatic heterocycles. The molecule has 1 N–H and O–H groups in total. The number of nitrogens with one attached hydrogen (secondary N) is 1. The smallest absolute Gasteiger partial charge is 0.410 e. The molecule has 128 valence electrons. The largest absolute Gasteiger partial charge is 0.444 e. The number of carbonyl (C=O) groups is 1. The number of piperidine rings is 2. The Morgan fingerprint density at radius 3 is 2.30 bits per heavy atom. The second kappa shape index (κ2) is 6.06. The molecule has 0 aromatic carbocycles. The van der Waals surface area contributed by atoms with E-state index >= 15 is 0 Å². The van der Waals surface area contributed by atoms with Gasteiger partial charge >= 0.3 is 6.09 Å². The van der Waals surface area contributed by atoms with Gasteiger partial charge in [-0.1, -0.05) is 0 Å². The van der Waals surface area contributed by atoms with Crippen LogP contribution in [0.4, 0.5) is 10.5 Å². The van der Waals surface area contributed by atoms with Crippen molar-refractivity contribution >= 4 is 11.8 Å². The van der Waals surface area contributed by atoms with Crippen molar-refractivity contribution in [3.8, 4) is 0 Å². The molecule has 2 aliphatic rings. The Morgan fingerprint density at radius 2 is 1.78 bits per heavy atom. The number of ether oxygens (including phenoxy) is 1. The highest BCUT2D eigenvalue weighted by Gasteiger charge is 2.39. The average molecular weight is 320 g/mol. The molecule has 0 unspecified atom stereocenters. The van der Waals surface area contributed by atoms with E-state index in [4.69, 9.17) is 4.74 Å². The van der Waals surface area contributed by atoms with Crippen molar-refractivity contribution in [2.24, 2.45) is 5.41 Å². The lowest BCUT2D eigenvalue weighted by atomic mass is 9.71. The van der Waals surface area contributed by atoms with E-state index in [0.29, 0.717) is 5.41 Å². The lowest BCUT2D eigenvalue weighted by molar-refractivity contribution is 0.00666. The number of rotatable bonds is 1. The first-order valence-corrected chi connectivity index (χ1v) is 8.59. The third-order valence-electron chi connectivity index (χ3n) is 5.15. The van der Waals surface area contributed by atoms with Gasteiger partial charge in [-0.05, 0) is 51.9 Å². The number of anilines is 1. The molecular formula is C17H28N4O2. The standard InChI is InChI=1S/C17H28N4O2/c1-16(2,3)23-15(22)21-10-6-17(7-11-21)4-8-20(9-5-17)14-12-18-19-13-14/h12-13H,4-11H2,1-3H3,(H,18,19). The Morgan fingerprint density at radius 1 is 1.17 bits per heavy atom. The van der Waals surface area contributed by atoms with Gasteiger partial charge in [0.15, 0.2) is 0 Å². The van der Waals surface area contributed by atoms with E-state index in [1.54, 1.807) is 0 Å². The van der Waals surface area contributed by atoms with E-state index in [-0.39, 0.29) is 6.09 Å². The van der Waals surface area contributed by atoms with E-state index in [0.717, 1.165) is 39.0 Å². The Hall–Kier alpha value is -1.72. The molecule has 2 aliphatic heterocycles. The highest BCUT2D eigenvalue weighted by molar-refractivity contribution is 5.68. The zero-order chi connectivity index (χ0) is 16.5. The summed E-state index contributed by atoms with van der Waals surface area (Å²) in [5.74, 6) is 0. The minimum absolute atomic E-state index is 0.164. The number of nitrogens with zero attached hydrogens (tertiary/aromatic N) is 3. The van der Waals surface area contributed by atoms with Gasteiger partial charge in [-0.3, -0.25) is 5.10 Å². The predicted molar refractivity (Wildman–Crippen MR) is 89.5 cm³/mol.